The second-order valence-electron chi connectivity index (χ2n) is 13.1. The van der Waals surface area contributed by atoms with Gasteiger partial charge in [0.05, 0.1) is 29.3 Å². The van der Waals surface area contributed by atoms with Gasteiger partial charge in [-0.25, -0.2) is 13.8 Å². The van der Waals surface area contributed by atoms with Crippen LogP contribution in [-0.4, -0.2) is 56.7 Å². The van der Waals surface area contributed by atoms with Crippen LogP contribution in [0, 0.1) is 25.5 Å². The maximum absolute atomic E-state index is 14.4. The number of amides is 1. The van der Waals surface area contributed by atoms with E-state index in [1.54, 1.807) is 4.90 Å². The average Bonchev–Trinajstić information content (AvgIpc) is 3.52. The molecule has 45 heavy (non-hydrogen) atoms. The lowest BCUT2D eigenvalue weighted by molar-refractivity contribution is -0.156. The first-order valence-electron chi connectivity index (χ1n) is 15.6. The normalized spacial score (nSPS) is 18.6. The molecular weight excluding hydrogens is 580 g/mol. The van der Waals surface area contributed by atoms with Gasteiger partial charge in [0.1, 0.15) is 17.2 Å². The second-order valence-corrected chi connectivity index (χ2v) is 13.1. The van der Waals surface area contributed by atoms with Gasteiger partial charge in [-0.1, -0.05) is 11.2 Å². The number of carbonyl (C=O) groups excluding carboxylic acids is 2. The third-order valence-corrected chi connectivity index (χ3v) is 8.66. The molecule has 2 aliphatic heterocycles. The lowest BCUT2D eigenvalue weighted by atomic mass is 9.98. The van der Waals surface area contributed by atoms with Gasteiger partial charge < -0.3 is 18.7 Å². The summed E-state index contributed by atoms with van der Waals surface area (Å²) in [7, 11) is 0. The molecule has 0 unspecified atom stereocenters. The fourth-order valence-corrected chi connectivity index (χ4v) is 6.75. The summed E-state index contributed by atoms with van der Waals surface area (Å²) in [5.74, 6) is -0.934. The van der Waals surface area contributed by atoms with E-state index in [4.69, 9.17) is 14.2 Å². The zero-order chi connectivity index (χ0) is 32.0. The molecule has 2 aliphatic rings. The Labute approximate surface area is 261 Å². The zero-order valence-electron chi connectivity index (χ0n) is 26.4. The average molecular weight is 620 g/mol. The smallest absolute Gasteiger partial charge is 0.320 e. The number of rotatable bonds is 6. The van der Waals surface area contributed by atoms with Crippen LogP contribution in [0.15, 0.2) is 40.9 Å². The number of imidazole rings is 1. The molecule has 0 saturated carbocycles. The highest BCUT2D eigenvalue weighted by atomic mass is 19.2. The van der Waals surface area contributed by atoms with E-state index in [-0.39, 0.29) is 24.5 Å². The summed E-state index contributed by atoms with van der Waals surface area (Å²) >= 11 is 0. The minimum atomic E-state index is -1.00. The molecular formula is C34H39F2N5O4. The summed E-state index contributed by atoms with van der Waals surface area (Å²) in [6.45, 7) is 11.0. The Bertz CT molecular complexity index is 1730. The summed E-state index contributed by atoms with van der Waals surface area (Å²) in [6, 6.07) is 9.28. The van der Waals surface area contributed by atoms with Crippen LogP contribution in [0.4, 0.5) is 14.5 Å². The predicted molar refractivity (Wildman–Crippen MR) is 166 cm³/mol. The van der Waals surface area contributed by atoms with Crippen LogP contribution < -0.4 is 4.90 Å². The van der Waals surface area contributed by atoms with Crippen LogP contribution in [0.3, 0.4) is 0 Å². The van der Waals surface area contributed by atoms with Gasteiger partial charge in [-0.15, -0.1) is 0 Å². The highest BCUT2D eigenvalue weighted by Gasteiger charge is 2.37. The topological polar surface area (TPSA) is 93.7 Å². The first-order valence-corrected chi connectivity index (χ1v) is 15.6. The molecule has 1 amide bonds. The molecule has 11 heteroatoms. The van der Waals surface area contributed by atoms with Crippen molar-refractivity contribution in [2.45, 2.75) is 84.4 Å². The van der Waals surface area contributed by atoms with Crippen LogP contribution in [0.1, 0.15) is 82.2 Å². The van der Waals surface area contributed by atoms with Gasteiger partial charge in [-0.2, -0.15) is 0 Å². The molecule has 4 aromatic rings. The number of aryl methyl sites for hydroxylation is 2. The largest absolute Gasteiger partial charge is 0.459 e. The summed E-state index contributed by atoms with van der Waals surface area (Å²) in [5.41, 5.74) is 4.09. The number of aromatic nitrogens is 3. The van der Waals surface area contributed by atoms with Crippen molar-refractivity contribution in [3.05, 3.63) is 65.3 Å². The number of piperidine rings is 2. The number of benzene rings is 2. The summed E-state index contributed by atoms with van der Waals surface area (Å²) in [6.07, 6.45) is 3.13. The number of anilines is 1. The Morgan fingerprint density at radius 3 is 2.47 bits per heavy atom. The lowest BCUT2D eigenvalue weighted by Gasteiger charge is -2.38. The molecule has 0 spiro atoms. The molecule has 6 rings (SSSR count). The van der Waals surface area contributed by atoms with E-state index in [0.29, 0.717) is 49.6 Å². The Kier molecular flexibility index (Phi) is 8.24. The van der Waals surface area contributed by atoms with E-state index in [1.165, 1.54) is 6.07 Å². The molecule has 2 aromatic carbocycles. The number of hydrogen-bond donors (Lipinski definition) is 0. The lowest BCUT2D eigenvalue weighted by Crippen LogP contribution is -2.42. The molecule has 0 N–H and O–H groups in total. The van der Waals surface area contributed by atoms with E-state index in [9.17, 15) is 18.4 Å². The SMILES string of the molecule is Cc1noc(C)c1-c1ccc2c(c1)nc([C@@H]1CCCC(=O)N1c1ccc(F)c(F)c1)n2C1CCN(CC(=O)OC(C)(C)C)CC1. The van der Waals surface area contributed by atoms with Crippen molar-refractivity contribution in [1.29, 1.82) is 0 Å². The molecule has 2 saturated heterocycles. The number of nitrogens with zero attached hydrogens (tertiary/aromatic N) is 5. The van der Waals surface area contributed by atoms with Crippen molar-refractivity contribution in [3.63, 3.8) is 0 Å². The van der Waals surface area contributed by atoms with Gasteiger partial charge in [0.15, 0.2) is 11.6 Å². The van der Waals surface area contributed by atoms with Crippen LogP contribution in [0.2, 0.25) is 0 Å². The minimum absolute atomic E-state index is 0.0497. The quantitative estimate of drug-likeness (QED) is 0.219. The minimum Gasteiger partial charge on any atom is -0.459 e. The maximum atomic E-state index is 14.4. The van der Waals surface area contributed by atoms with E-state index >= 15 is 0 Å². The molecule has 238 valence electrons. The number of hydrogen-bond acceptors (Lipinski definition) is 7. The van der Waals surface area contributed by atoms with E-state index in [2.05, 4.69) is 14.6 Å². The zero-order valence-corrected chi connectivity index (χ0v) is 26.4. The van der Waals surface area contributed by atoms with Gasteiger partial charge in [-0.05, 0) is 90.1 Å². The third-order valence-electron chi connectivity index (χ3n) is 8.66. The van der Waals surface area contributed by atoms with Gasteiger partial charge >= 0.3 is 5.97 Å². The number of halogens is 2. The summed E-state index contributed by atoms with van der Waals surface area (Å²) < 4.78 is 41.5. The molecule has 0 radical (unpaired) electrons. The molecule has 1 atom stereocenters. The van der Waals surface area contributed by atoms with Crippen LogP contribution in [0.25, 0.3) is 22.2 Å². The molecule has 2 fully saturated rings. The van der Waals surface area contributed by atoms with E-state index in [0.717, 1.165) is 52.8 Å². The van der Waals surface area contributed by atoms with Crippen molar-refractivity contribution in [2.75, 3.05) is 24.5 Å². The number of likely N-dealkylation sites (tertiary alicyclic amines) is 1. The Hall–Kier alpha value is -4.12. The Balaban J connectivity index is 1.39. The summed E-state index contributed by atoms with van der Waals surface area (Å²) in [4.78, 5) is 34.8. The predicted octanol–water partition coefficient (Wildman–Crippen LogP) is 6.82. The van der Waals surface area contributed by atoms with Crippen molar-refractivity contribution < 1.29 is 27.6 Å². The third kappa shape index (κ3) is 6.22. The van der Waals surface area contributed by atoms with Gasteiger partial charge in [0, 0.05) is 42.9 Å². The van der Waals surface area contributed by atoms with Crippen molar-refractivity contribution in [1.82, 2.24) is 19.6 Å². The van der Waals surface area contributed by atoms with Gasteiger partial charge in [0.25, 0.3) is 0 Å². The second kappa shape index (κ2) is 12.0. The van der Waals surface area contributed by atoms with Gasteiger partial charge in [0.2, 0.25) is 5.91 Å². The van der Waals surface area contributed by atoms with Crippen molar-refractivity contribution in [3.8, 4) is 11.1 Å². The van der Waals surface area contributed by atoms with Crippen LogP contribution in [0.5, 0.6) is 0 Å². The van der Waals surface area contributed by atoms with Crippen molar-refractivity contribution >= 4 is 28.6 Å². The standard InChI is InChI=1S/C34H39F2N5O4/c1-20-32(21(2)45-38-20)22-9-12-28-27(17-22)37-33(29-7-6-8-30(42)40(29)24-10-11-25(35)26(36)18-24)41(28)23-13-15-39(16-14-23)19-31(43)44-34(3,4)5/h9-12,17-18,23,29H,6-8,13-16,19H2,1-5H3/t29-/m0/s1. The molecule has 2 aromatic heterocycles. The van der Waals surface area contributed by atoms with E-state index < -0.39 is 23.3 Å². The van der Waals surface area contributed by atoms with Crippen molar-refractivity contribution in [2.24, 2.45) is 0 Å². The molecule has 9 nitrogen and oxygen atoms in total. The first kappa shape index (κ1) is 30.9. The fourth-order valence-electron chi connectivity index (χ4n) is 6.75. The van der Waals surface area contributed by atoms with Crippen LogP contribution in [-0.2, 0) is 14.3 Å². The highest BCUT2D eigenvalue weighted by Crippen LogP contribution is 2.41. The first-order chi connectivity index (χ1) is 21.4. The number of carbonyl (C=O) groups is 2. The fraction of sp³-hybridized carbons (Fsp3) is 0.471. The molecule has 0 aliphatic carbocycles. The summed E-state index contributed by atoms with van der Waals surface area (Å²) in [5, 5.41) is 4.11. The number of fused-ring (bicyclic) bond motifs is 1. The van der Waals surface area contributed by atoms with E-state index in [1.807, 2.05) is 52.8 Å². The highest BCUT2D eigenvalue weighted by molar-refractivity contribution is 5.95. The van der Waals surface area contributed by atoms with Gasteiger partial charge in [-0.3, -0.25) is 14.5 Å². The Morgan fingerprint density at radius 1 is 1.04 bits per heavy atom. The molecule has 0 bridgehead atoms. The number of ether oxygens (including phenoxy) is 1. The van der Waals surface area contributed by atoms with Crippen LogP contribution >= 0.6 is 0 Å². The molecule has 4 heterocycles. The number of esters is 1. The Morgan fingerprint density at radius 2 is 1.80 bits per heavy atom. The monoisotopic (exact) mass is 619 g/mol. The maximum Gasteiger partial charge on any atom is 0.320 e.